The minimum Gasteiger partial charge on any atom is -0.465 e. The topological polar surface area (TPSA) is 29.5 Å². The molecule has 0 aromatic heterocycles. The van der Waals surface area contributed by atoms with Crippen molar-refractivity contribution < 1.29 is 13.9 Å². The number of carbonyl (C=O) groups is 1. The molecule has 0 saturated heterocycles. The van der Waals surface area contributed by atoms with Crippen LogP contribution in [0.2, 0.25) is 0 Å². The fourth-order valence-electron chi connectivity index (χ4n) is 1.65. The van der Waals surface area contributed by atoms with Crippen molar-refractivity contribution in [3.63, 3.8) is 0 Å². The molecular weight excluding hydrogens is 277 g/mol. The molecule has 0 aliphatic heterocycles. The van der Waals surface area contributed by atoms with Crippen LogP contribution in [0.3, 0.4) is 0 Å². The van der Waals surface area contributed by atoms with Crippen LogP contribution in [0.4, 0.5) is 4.39 Å². The van der Waals surface area contributed by atoms with E-state index in [1.165, 1.54) is 17.8 Å². The number of hydrogen-bond donors (Lipinski definition) is 0. The van der Waals surface area contributed by atoms with Gasteiger partial charge in [0.2, 0.25) is 0 Å². The van der Waals surface area contributed by atoms with E-state index in [0.717, 1.165) is 0 Å². The summed E-state index contributed by atoms with van der Waals surface area (Å²) in [4.78, 5) is 14.0. The van der Waals surface area contributed by atoms with Gasteiger partial charge < -0.3 is 4.74 Å². The average Bonchev–Trinajstić information content (AvgIpc) is 2.41. The van der Waals surface area contributed by atoms with Crippen LogP contribution in [-0.4, -0.2) is 42.9 Å². The first-order chi connectivity index (χ1) is 9.67. The predicted octanol–water partition coefficient (Wildman–Crippen LogP) is 2.97. The molecule has 0 N–H and O–H groups in total. The Morgan fingerprint density at radius 1 is 1.50 bits per heavy atom. The fourth-order valence-corrected chi connectivity index (χ4v) is 2.60. The molecule has 0 aliphatic carbocycles. The number of esters is 1. The summed E-state index contributed by atoms with van der Waals surface area (Å²) >= 11 is 1.44. The normalized spacial score (nSPS) is 10.6. The molecule has 0 fully saturated rings. The van der Waals surface area contributed by atoms with Crippen molar-refractivity contribution in [2.24, 2.45) is 0 Å². The van der Waals surface area contributed by atoms with Gasteiger partial charge in [-0.25, -0.2) is 4.39 Å². The van der Waals surface area contributed by atoms with Crippen molar-refractivity contribution in [1.29, 1.82) is 0 Å². The highest BCUT2D eigenvalue weighted by molar-refractivity contribution is 7.99. The first kappa shape index (κ1) is 16.7. The van der Waals surface area contributed by atoms with Gasteiger partial charge in [-0.1, -0.05) is 18.2 Å². The lowest BCUT2D eigenvalue weighted by Crippen LogP contribution is -2.33. The van der Waals surface area contributed by atoms with E-state index >= 15 is 0 Å². The first-order valence-corrected chi connectivity index (χ1v) is 7.52. The van der Waals surface area contributed by atoms with Gasteiger partial charge in [0, 0.05) is 23.7 Å². The van der Waals surface area contributed by atoms with Crippen molar-refractivity contribution in [1.82, 2.24) is 4.90 Å². The van der Waals surface area contributed by atoms with Crippen LogP contribution in [-0.2, 0) is 9.53 Å². The van der Waals surface area contributed by atoms with Crippen molar-refractivity contribution in [3.05, 3.63) is 42.7 Å². The second-order valence-electron chi connectivity index (χ2n) is 4.11. The van der Waals surface area contributed by atoms with Gasteiger partial charge in [-0.2, -0.15) is 0 Å². The minimum atomic E-state index is -0.245. The van der Waals surface area contributed by atoms with E-state index in [4.69, 9.17) is 4.74 Å². The molecule has 5 heteroatoms. The maximum absolute atomic E-state index is 13.4. The van der Waals surface area contributed by atoms with Crippen LogP contribution in [0, 0.1) is 5.82 Å². The lowest BCUT2D eigenvalue weighted by Gasteiger charge is -2.19. The molecule has 0 aliphatic rings. The second-order valence-corrected chi connectivity index (χ2v) is 5.24. The van der Waals surface area contributed by atoms with Crippen molar-refractivity contribution in [2.45, 2.75) is 11.8 Å². The number of thioether (sulfide) groups is 1. The summed E-state index contributed by atoms with van der Waals surface area (Å²) < 4.78 is 18.4. The number of hydrogen-bond acceptors (Lipinski definition) is 4. The largest absolute Gasteiger partial charge is 0.465 e. The highest BCUT2D eigenvalue weighted by Crippen LogP contribution is 2.20. The van der Waals surface area contributed by atoms with E-state index < -0.39 is 0 Å². The van der Waals surface area contributed by atoms with E-state index in [0.29, 0.717) is 30.3 Å². The summed E-state index contributed by atoms with van der Waals surface area (Å²) in [7, 11) is 0. The molecule has 1 aromatic carbocycles. The van der Waals surface area contributed by atoms with Gasteiger partial charge in [0.15, 0.2) is 0 Å². The Morgan fingerprint density at radius 3 is 2.90 bits per heavy atom. The summed E-state index contributed by atoms with van der Waals surface area (Å²) in [6.07, 6.45) is 1.74. The number of nitrogens with zero attached hydrogens (tertiary/aromatic N) is 1. The SMILES string of the molecule is C=CCN(CCSc1ccccc1F)CC(=O)OCC. The maximum Gasteiger partial charge on any atom is 0.320 e. The number of ether oxygens (including phenoxy) is 1. The van der Waals surface area contributed by atoms with Crippen LogP contribution in [0.25, 0.3) is 0 Å². The quantitative estimate of drug-likeness (QED) is 0.398. The molecule has 0 unspecified atom stereocenters. The van der Waals surface area contributed by atoms with Crippen molar-refractivity contribution in [3.8, 4) is 0 Å². The van der Waals surface area contributed by atoms with Gasteiger partial charge >= 0.3 is 5.97 Å². The summed E-state index contributed by atoms with van der Waals surface area (Å²) in [6, 6.07) is 6.68. The van der Waals surface area contributed by atoms with Gasteiger partial charge in [0.25, 0.3) is 0 Å². The Hall–Kier alpha value is -1.33. The molecule has 1 aromatic rings. The third-order valence-electron chi connectivity index (χ3n) is 2.55. The zero-order chi connectivity index (χ0) is 14.8. The Labute approximate surface area is 123 Å². The zero-order valence-corrected chi connectivity index (χ0v) is 12.5. The average molecular weight is 297 g/mol. The Morgan fingerprint density at radius 2 is 2.25 bits per heavy atom. The lowest BCUT2D eigenvalue weighted by molar-refractivity contribution is -0.144. The number of benzene rings is 1. The van der Waals surface area contributed by atoms with E-state index in [2.05, 4.69) is 6.58 Å². The molecule has 0 amide bonds. The summed E-state index contributed by atoms with van der Waals surface area (Å²) in [5.41, 5.74) is 0. The molecule has 0 saturated carbocycles. The Kier molecular flexibility index (Phi) is 7.99. The number of rotatable bonds is 9. The summed E-state index contributed by atoms with van der Waals surface area (Å²) in [6.45, 7) is 7.35. The lowest BCUT2D eigenvalue weighted by atomic mass is 10.3. The minimum absolute atomic E-state index is 0.210. The fraction of sp³-hybridized carbons (Fsp3) is 0.400. The molecule has 0 heterocycles. The second kappa shape index (κ2) is 9.55. The van der Waals surface area contributed by atoms with Crippen molar-refractivity contribution in [2.75, 3.05) is 32.0 Å². The smallest absolute Gasteiger partial charge is 0.320 e. The molecule has 110 valence electrons. The highest BCUT2D eigenvalue weighted by Gasteiger charge is 2.10. The summed E-state index contributed by atoms with van der Waals surface area (Å²) in [5.74, 6) is 0.247. The molecule has 0 spiro atoms. The monoisotopic (exact) mass is 297 g/mol. The van der Waals surface area contributed by atoms with Crippen LogP contribution >= 0.6 is 11.8 Å². The standard InChI is InChI=1S/C15H20FNO2S/c1-3-9-17(12-15(18)19-4-2)10-11-20-14-8-6-5-7-13(14)16/h3,5-8H,1,4,9-12H2,2H3. The molecule has 1 rings (SSSR count). The Bertz CT molecular complexity index is 440. The van der Waals surface area contributed by atoms with Crippen molar-refractivity contribution >= 4 is 17.7 Å². The van der Waals surface area contributed by atoms with E-state index in [1.54, 1.807) is 25.1 Å². The summed E-state index contributed by atoms with van der Waals surface area (Å²) in [5, 5.41) is 0. The van der Waals surface area contributed by atoms with Crippen LogP contribution in [0.15, 0.2) is 41.8 Å². The van der Waals surface area contributed by atoms with Crippen LogP contribution in [0.1, 0.15) is 6.92 Å². The third kappa shape index (κ3) is 6.21. The molecule has 0 radical (unpaired) electrons. The van der Waals surface area contributed by atoms with Gasteiger partial charge in [-0.15, -0.1) is 18.3 Å². The molecule has 20 heavy (non-hydrogen) atoms. The van der Waals surface area contributed by atoms with Gasteiger partial charge in [-0.3, -0.25) is 9.69 Å². The highest BCUT2D eigenvalue weighted by atomic mass is 32.2. The van der Waals surface area contributed by atoms with Gasteiger partial charge in [0.05, 0.1) is 13.2 Å². The van der Waals surface area contributed by atoms with Crippen LogP contribution < -0.4 is 0 Å². The zero-order valence-electron chi connectivity index (χ0n) is 11.7. The Balaban J connectivity index is 2.40. The maximum atomic E-state index is 13.4. The predicted molar refractivity (Wildman–Crippen MR) is 80.4 cm³/mol. The van der Waals surface area contributed by atoms with E-state index in [-0.39, 0.29) is 18.3 Å². The number of halogens is 1. The van der Waals surface area contributed by atoms with E-state index in [1.807, 2.05) is 11.0 Å². The van der Waals surface area contributed by atoms with Crippen LogP contribution in [0.5, 0.6) is 0 Å². The third-order valence-corrected chi connectivity index (χ3v) is 3.58. The van der Waals surface area contributed by atoms with E-state index in [9.17, 15) is 9.18 Å². The van der Waals surface area contributed by atoms with Gasteiger partial charge in [-0.05, 0) is 19.1 Å². The first-order valence-electron chi connectivity index (χ1n) is 6.53. The molecular formula is C15H20FNO2S. The van der Waals surface area contributed by atoms with Gasteiger partial charge in [0.1, 0.15) is 5.82 Å². The molecule has 3 nitrogen and oxygen atoms in total. The number of carbonyl (C=O) groups excluding carboxylic acids is 1. The molecule has 0 bridgehead atoms. The molecule has 0 atom stereocenters.